The quantitative estimate of drug-likeness (QED) is 0.615. The summed E-state index contributed by atoms with van der Waals surface area (Å²) in [4.78, 5) is 24.3. The van der Waals surface area contributed by atoms with E-state index in [9.17, 15) is 9.59 Å². The predicted molar refractivity (Wildman–Crippen MR) is 114 cm³/mol. The van der Waals surface area contributed by atoms with Gasteiger partial charge in [-0.05, 0) is 26.8 Å². The molecule has 0 amide bonds. The van der Waals surface area contributed by atoms with Gasteiger partial charge in [-0.15, -0.1) is 11.3 Å². The van der Waals surface area contributed by atoms with Crippen molar-refractivity contribution in [1.82, 2.24) is 0 Å². The van der Waals surface area contributed by atoms with Gasteiger partial charge >= 0.3 is 0 Å². The van der Waals surface area contributed by atoms with E-state index in [1.165, 1.54) is 11.3 Å². The molecule has 1 aromatic heterocycles. The number of nitriles is 1. The zero-order chi connectivity index (χ0) is 20.7. The molecule has 0 saturated heterocycles. The van der Waals surface area contributed by atoms with E-state index in [1.54, 1.807) is 12.1 Å². The van der Waals surface area contributed by atoms with E-state index in [1.807, 2.05) is 69.3 Å². The van der Waals surface area contributed by atoms with Crippen LogP contribution in [0.1, 0.15) is 48.7 Å². The van der Waals surface area contributed by atoms with Gasteiger partial charge in [-0.3, -0.25) is 9.59 Å². The lowest BCUT2D eigenvalue weighted by molar-refractivity contribution is 0.0996. The highest BCUT2D eigenvalue weighted by Crippen LogP contribution is 2.26. The number of carbonyl (C=O) groups is 2. The van der Waals surface area contributed by atoms with Crippen LogP contribution in [0.5, 0.6) is 0 Å². The Labute approximate surface area is 169 Å². The Morgan fingerprint density at radius 2 is 1.43 bits per heavy atom. The Kier molecular flexibility index (Phi) is 7.25. The largest absolute Gasteiger partial charge is 0.390 e. The minimum Gasteiger partial charge on any atom is -0.390 e. The van der Waals surface area contributed by atoms with Gasteiger partial charge in [0.25, 0.3) is 0 Å². The topological polar surface area (TPSA) is 84.0 Å². The Morgan fingerprint density at radius 3 is 1.86 bits per heavy atom. The molecule has 1 heterocycles. The monoisotopic (exact) mass is 390 g/mol. The summed E-state index contributed by atoms with van der Waals surface area (Å²) in [5, 5.41) is 8.88. The van der Waals surface area contributed by atoms with Crippen LogP contribution in [0.25, 0.3) is 0 Å². The van der Waals surface area contributed by atoms with E-state index in [4.69, 9.17) is 11.0 Å². The van der Waals surface area contributed by atoms with E-state index < -0.39 is 0 Å². The standard InChI is InChI=1S/C13H13NOS.C10H9NO/c1-8-3-5-10(6-4-8)12(15)11-7-9(2)16-13(11)14;1-8-2-4-9(5-3-8)10(12)6-7-11/h3-7H,14H2,1-2H3;2-5H,6H2,1H3. The van der Waals surface area contributed by atoms with Crippen molar-refractivity contribution in [2.45, 2.75) is 27.2 Å². The van der Waals surface area contributed by atoms with Crippen LogP contribution in [-0.2, 0) is 0 Å². The third-order valence-electron chi connectivity index (χ3n) is 4.06. The summed E-state index contributed by atoms with van der Waals surface area (Å²) in [7, 11) is 0. The van der Waals surface area contributed by atoms with Crippen molar-refractivity contribution in [2.75, 3.05) is 5.73 Å². The van der Waals surface area contributed by atoms with Gasteiger partial charge in [0.15, 0.2) is 11.6 Å². The first-order valence-corrected chi connectivity index (χ1v) is 9.57. The number of rotatable bonds is 4. The second-order valence-corrected chi connectivity index (χ2v) is 7.74. The van der Waals surface area contributed by atoms with Crippen LogP contribution in [0, 0.1) is 32.1 Å². The van der Waals surface area contributed by atoms with Gasteiger partial charge in [-0.2, -0.15) is 5.26 Å². The Morgan fingerprint density at radius 1 is 0.929 bits per heavy atom. The zero-order valence-electron chi connectivity index (χ0n) is 16.2. The summed E-state index contributed by atoms with van der Waals surface area (Å²) in [6.45, 7) is 5.91. The number of aryl methyl sites for hydroxylation is 3. The maximum Gasteiger partial charge on any atom is 0.195 e. The number of nitrogens with two attached hydrogens (primary N) is 1. The van der Waals surface area contributed by atoms with Gasteiger partial charge in [0.05, 0.1) is 23.1 Å². The van der Waals surface area contributed by atoms with Gasteiger partial charge in [-0.1, -0.05) is 59.7 Å². The predicted octanol–water partition coefficient (Wildman–Crippen LogP) is 5.27. The van der Waals surface area contributed by atoms with Crippen LogP contribution in [0.15, 0.2) is 54.6 Å². The minimum atomic E-state index is -0.113. The molecular formula is C23H22N2O2S. The van der Waals surface area contributed by atoms with E-state index in [2.05, 4.69) is 0 Å². The molecule has 0 unspecified atom stereocenters. The summed E-state index contributed by atoms with van der Waals surface area (Å²) in [6, 6.07) is 18.4. The highest BCUT2D eigenvalue weighted by Gasteiger charge is 2.14. The molecule has 0 aliphatic carbocycles. The van der Waals surface area contributed by atoms with E-state index in [0.717, 1.165) is 16.0 Å². The van der Waals surface area contributed by atoms with Gasteiger partial charge in [-0.25, -0.2) is 0 Å². The Balaban J connectivity index is 0.000000209. The average molecular weight is 391 g/mol. The molecule has 0 atom stereocenters. The van der Waals surface area contributed by atoms with Gasteiger partial charge in [0, 0.05) is 16.0 Å². The fraction of sp³-hybridized carbons (Fsp3) is 0.174. The van der Waals surface area contributed by atoms with Crippen LogP contribution >= 0.6 is 11.3 Å². The number of thiophene rings is 1. The normalized spacial score (nSPS) is 9.79. The molecule has 2 N–H and O–H groups in total. The molecular weight excluding hydrogens is 368 g/mol. The maximum absolute atomic E-state index is 12.1. The first-order chi connectivity index (χ1) is 13.3. The second-order valence-electron chi connectivity index (χ2n) is 6.45. The van der Waals surface area contributed by atoms with Crippen molar-refractivity contribution in [1.29, 1.82) is 5.26 Å². The highest BCUT2D eigenvalue weighted by atomic mass is 32.1. The van der Waals surface area contributed by atoms with Crippen molar-refractivity contribution in [2.24, 2.45) is 0 Å². The van der Waals surface area contributed by atoms with E-state index in [-0.39, 0.29) is 18.0 Å². The van der Waals surface area contributed by atoms with Crippen LogP contribution in [-0.4, -0.2) is 11.6 Å². The summed E-state index contributed by atoms with van der Waals surface area (Å²) in [5.74, 6) is -0.112. The molecule has 142 valence electrons. The van der Waals surface area contributed by atoms with Crippen LogP contribution < -0.4 is 5.73 Å². The first-order valence-electron chi connectivity index (χ1n) is 8.76. The number of carbonyl (C=O) groups excluding carboxylic acids is 2. The summed E-state index contributed by atoms with van der Waals surface area (Å²) < 4.78 is 0. The van der Waals surface area contributed by atoms with E-state index >= 15 is 0 Å². The first kappa shape index (κ1) is 21.1. The summed E-state index contributed by atoms with van der Waals surface area (Å²) in [6.07, 6.45) is -0.0386. The molecule has 5 heteroatoms. The van der Waals surface area contributed by atoms with Gasteiger partial charge in [0.1, 0.15) is 0 Å². The third kappa shape index (κ3) is 5.63. The van der Waals surface area contributed by atoms with Crippen molar-refractivity contribution < 1.29 is 9.59 Å². The fourth-order valence-corrected chi connectivity index (χ4v) is 3.27. The molecule has 3 aromatic rings. The number of anilines is 1. The molecule has 3 rings (SSSR count). The molecule has 0 radical (unpaired) electrons. The maximum atomic E-state index is 12.1. The van der Waals surface area contributed by atoms with Crippen molar-refractivity contribution in [3.05, 3.63) is 87.3 Å². The van der Waals surface area contributed by atoms with Gasteiger partial charge < -0.3 is 5.73 Å². The molecule has 0 aliphatic rings. The number of hydrogen-bond donors (Lipinski definition) is 1. The number of Topliss-reactive ketones (excluding diaryl/α,β-unsaturated/α-hetero) is 1. The van der Waals surface area contributed by atoms with E-state index in [0.29, 0.717) is 21.7 Å². The zero-order valence-corrected chi connectivity index (χ0v) is 17.0. The number of nitrogen functional groups attached to an aromatic ring is 1. The van der Waals surface area contributed by atoms with Crippen molar-refractivity contribution in [3.63, 3.8) is 0 Å². The molecule has 28 heavy (non-hydrogen) atoms. The molecule has 0 spiro atoms. The lowest BCUT2D eigenvalue weighted by Crippen LogP contribution is -2.02. The third-order valence-corrected chi connectivity index (χ3v) is 4.94. The average Bonchev–Trinajstić information content (AvgIpc) is 3.01. The minimum absolute atomic E-state index is 0.00171. The molecule has 0 fully saturated rings. The second kappa shape index (κ2) is 9.63. The molecule has 0 bridgehead atoms. The SMILES string of the molecule is Cc1ccc(C(=O)CC#N)cc1.Cc1ccc(C(=O)c2cc(C)sc2N)cc1. The van der Waals surface area contributed by atoms with Crippen LogP contribution in [0.2, 0.25) is 0 Å². The molecule has 4 nitrogen and oxygen atoms in total. The molecule has 0 saturated carbocycles. The van der Waals surface area contributed by atoms with Crippen LogP contribution in [0.3, 0.4) is 0 Å². The lowest BCUT2D eigenvalue weighted by atomic mass is 10.0. The number of ketones is 2. The lowest BCUT2D eigenvalue weighted by Gasteiger charge is -2.00. The number of benzene rings is 2. The van der Waals surface area contributed by atoms with Crippen molar-refractivity contribution in [3.8, 4) is 6.07 Å². The Hall–Kier alpha value is -3.23. The fourth-order valence-electron chi connectivity index (χ4n) is 2.48. The highest BCUT2D eigenvalue weighted by molar-refractivity contribution is 7.16. The number of nitrogens with zero attached hydrogens (tertiary/aromatic N) is 1. The Bertz CT molecular complexity index is 1010. The molecule has 0 aliphatic heterocycles. The van der Waals surface area contributed by atoms with Crippen LogP contribution in [0.4, 0.5) is 5.00 Å². The van der Waals surface area contributed by atoms with Crippen molar-refractivity contribution >= 4 is 27.9 Å². The number of hydrogen-bond acceptors (Lipinski definition) is 5. The molecule has 2 aromatic carbocycles. The summed E-state index contributed by atoms with van der Waals surface area (Å²) >= 11 is 1.45. The smallest absolute Gasteiger partial charge is 0.195 e. The summed E-state index contributed by atoms with van der Waals surface area (Å²) in [5.41, 5.74) is 9.99. The van der Waals surface area contributed by atoms with Gasteiger partial charge in [0.2, 0.25) is 0 Å².